The molecule has 184 valence electrons. The van der Waals surface area contributed by atoms with Gasteiger partial charge in [-0.1, -0.05) is 6.07 Å². The summed E-state index contributed by atoms with van der Waals surface area (Å²) in [6.45, 7) is 14.6. The van der Waals surface area contributed by atoms with Gasteiger partial charge in [0.15, 0.2) is 0 Å². The smallest absolute Gasteiger partial charge is 0.426 e. The second-order valence-corrected chi connectivity index (χ2v) is 10.3. The highest BCUT2D eigenvalue weighted by atomic mass is 16.6. The first-order chi connectivity index (χ1) is 14.9. The fraction of sp³-hybridized carbons (Fsp3) is 0.609. The van der Waals surface area contributed by atoms with Crippen molar-refractivity contribution in [2.75, 3.05) is 11.4 Å². The molecule has 1 rings (SSSR count). The van der Waals surface area contributed by atoms with Crippen molar-refractivity contribution in [3.8, 4) is 0 Å². The van der Waals surface area contributed by atoms with E-state index in [1.807, 2.05) is 0 Å². The lowest BCUT2D eigenvalue weighted by molar-refractivity contribution is -0.129. The van der Waals surface area contributed by atoms with E-state index in [0.717, 1.165) is 4.90 Å². The Hall–Kier alpha value is -3.17. The van der Waals surface area contributed by atoms with E-state index in [1.165, 1.54) is 6.20 Å². The van der Waals surface area contributed by atoms with Crippen molar-refractivity contribution < 1.29 is 33.4 Å². The van der Waals surface area contributed by atoms with Crippen LogP contribution in [0.2, 0.25) is 0 Å². The van der Waals surface area contributed by atoms with Crippen LogP contribution in [0, 0.1) is 0 Å². The molecule has 10 nitrogen and oxygen atoms in total. The highest BCUT2D eigenvalue weighted by Gasteiger charge is 2.36. The zero-order chi connectivity index (χ0) is 25.6. The van der Waals surface area contributed by atoms with Crippen LogP contribution in [0.1, 0.15) is 68.7 Å². The maximum atomic E-state index is 13.0. The summed E-state index contributed by atoms with van der Waals surface area (Å²) in [4.78, 5) is 56.6. The van der Waals surface area contributed by atoms with E-state index in [1.54, 1.807) is 80.5 Å². The van der Waals surface area contributed by atoms with Crippen LogP contribution in [0.25, 0.3) is 0 Å². The molecule has 0 fully saturated rings. The first-order valence-corrected chi connectivity index (χ1v) is 10.6. The molecule has 0 aliphatic carbocycles. The molecule has 0 N–H and O–H groups in total. The average Bonchev–Trinajstić information content (AvgIpc) is 2.58. The Morgan fingerprint density at radius 2 is 1.21 bits per heavy atom. The van der Waals surface area contributed by atoms with Crippen LogP contribution in [0.5, 0.6) is 0 Å². The van der Waals surface area contributed by atoms with Crippen molar-refractivity contribution in [3.63, 3.8) is 0 Å². The molecule has 1 heterocycles. The molecule has 0 spiro atoms. The Balaban J connectivity index is 3.14. The minimum Gasteiger partial charge on any atom is -0.443 e. The van der Waals surface area contributed by atoms with Crippen molar-refractivity contribution in [2.45, 2.75) is 85.5 Å². The maximum Gasteiger partial charge on any atom is 0.426 e. The van der Waals surface area contributed by atoms with Gasteiger partial charge in [0.1, 0.15) is 22.6 Å². The number of anilines is 1. The number of rotatable bonds is 4. The lowest BCUT2D eigenvalue weighted by atomic mass is 10.2. The number of carbonyl (C=O) groups excluding carboxylic acids is 4. The number of nitrogens with zero attached hydrogens (tertiary/aromatic N) is 3. The van der Waals surface area contributed by atoms with Crippen molar-refractivity contribution in [1.29, 1.82) is 0 Å². The quantitative estimate of drug-likeness (QED) is 0.576. The molecule has 0 saturated carbocycles. The molecule has 4 amide bonds. The molecule has 0 bridgehead atoms. The number of aromatic nitrogens is 1. The zero-order valence-electron chi connectivity index (χ0n) is 20.9. The van der Waals surface area contributed by atoms with E-state index >= 15 is 0 Å². The van der Waals surface area contributed by atoms with E-state index in [9.17, 15) is 19.2 Å². The van der Waals surface area contributed by atoms with Crippen LogP contribution >= 0.6 is 0 Å². The Morgan fingerprint density at radius 3 is 1.61 bits per heavy atom. The monoisotopic (exact) mass is 465 g/mol. The van der Waals surface area contributed by atoms with Gasteiger partial charge in [0.2, 0.25) is 5.91 Å². The van der Waals surface area contributed by atoms with Gasteiger partial charge in [-0.3, -0.25) is 9.69 Å². The predicted octanol–water partition coefficient (Wildman–Crippen LogP) is 4.91. The SMILES string of the molecule is CC(C)(C)OC(=O)N(C(=O)CCN(C(=O)OC(C)(C)C)c1ccccn1)C(=O)OC(C)(C)C. The van der Waals surface area contributed by atoms with Crippen LogP contribution in [0.3, 0.4) is 0 Å². The average molecular weight is 466 g/mol. The standard InChI is InChI=1S/C23H35N3O7/c1-21(2,3)31-18(28)25(16-12-10-11-14-24-16)15-13-17(27)26(19(29)32-22(4,5)6)20(30)33-23(7,8)9/h10-12,14H,13,15H2,1-9H3. The summed E-state index contributed by atoms with van der Waals surface area (Å²) < 4.78 is 15.8. The van der Waals surface area contributed by atoms with Crippen LogP contribution < -0.4 is 4.90 Å². The summed E-state index contributed by atoms with van der Waals surface area (Å²) >= 11 is 0. The molecule has 0 aromatic carbocycles. The van der Waals surface area contributed by atoms with E-state index in [0.29, 0.717) is 4.90 Å². The molecule has 0 aliphatic rings. The molecule has 0 atom stereocenters. The largest absolute Gasteiger partial charge is 0.443 e. The van der Waals surface area contributed by atoms with Crippen molar-refractivity contribution in [3.05, 3.63) is 24.4 Å². The third kappa shape index (κ3) is 10.3. The number of pyridine rings is 1. The molecule has 0 unspecified atom stereocenters. The molecule has 1 aromatic heterocycles. The van der Waals surface area contributed by atoms with E-state index < -0.39 is 47.4 Å². The van der Waals surface area contributed by atoms with Crippen LogP contribution in [-0.2, 0) is 19.0 Å². The highest BCUT2D eigenvalue weighted by Crippen LogP contribution is 2.19. The number of ether oxygens (including phenoxy) is 3. The first-order valence-electron chi connectivity index (χ1n) is 10.6. The van der Waals surface area contributed by atoms with Crippen molar-refractivity contribution >= 4 is 30.0 Å². The number of imide groups is 3. The van der Waals surface area contributed by atoms with E-state index in [2.05, 4.69) is 4.98 Å². The van der Waals surface area contributed by atoms with Gasteiger partial charge in [-0.05, 0) is 74.4 Å². The topological polar surface area (TPSA) is 115 Å². The van der Waals surface area contributed by atoms with Crippen LogP contribution in [-0.4, -0.2) is 57.4 Å². The van der Waals surface area contributed by atoms with Gasteiger partial charge < -0.3 is 14.2 Å². The van der Waals surface area contributed by atoms with Gasteiger partial charge in [-0.2, -0.15) is 0 Å². The maximum absolute atomic E-state index is 13.0. The second kappa shape index (κ2) is 10.6. The zero-order valence-corrected chi connectivity index (χ0v) is 20.9. The highest BCUT2D eigenvalue weighted by molar-refractivity contribution is 6.06. The number of hydrogen-bond acceptors (Lipinski definition) is 8. The molecular formula is C23H35N3O7. The molecule has 10 heteroatoms. The van der Waals surface area contributed by atoms with Crippen LogP contribution in [0.4, 0.5) is 20.2 Å². The third-order valence-corrected chi connectivity index (χ3v) is 3.49. The van der Waals surface area contributed by atoms with Gasteiger partial charge in [0, 0.05) is 19.2 Å². The Bertz CT molecular complexity index is 822. The van der Waals surface area contributed by atoms with Crippen molar-refractivity contribution in [2.24, 2.45) is 0 Å². The molecule has 1 aromatic rings. The summed E-state index contributed by atoms with van der Waals surface area (Å²) in [5.41, 5.74) is -2.69. The first kappa shape index (κ1) is 27.9. The number of carbonyl (C=O) groups is 4. The van der Waals surface area contributed by atoms with Gasteiger partial charge in [-0.25, -0.2) is 19.4 Å². The molecule has 0 radical (unpaired) electrons. The summed E-state index contributed by atoms with van der Waals surface area (Å²) in [6.07, 6.45) is -1.96. The predicted molar refractivity (Wildman–Crippen MR) is 122 cm³/mol. The Labute approximate surface area is 195 Å². The summed E-state index contributed by atoms with van der Waals surface area (Å²) in [7, 11) is 0. The Morgan fingerprint density at radius 1 is 0.758 bits per heavy atom. The number of amides is 4. The van der Waals surface area contributed by atoms with Gasteiger partial charge in [0.05, 0.1) is 0 Å². The molecular weight excluding hydrogens is 430 g/mol. The minimum absolute atomic E-state index is 0.202. The fourth-order valence-electron chi connectivity index (χ4n) is 2.34. The summed E-state index contributed by atoms with van der Waals surface area (Å²) in [6, 6.07) is 4.93. The van der Waals surface area contributed by atoms with E-state index in [-0.39, 0.29) is 12.4 Å². The van der Waals surface area contributed by atoms with Gasteiger partial charge in [-0.15, -0.1) is 4.90 Å². The molecule has 0 aliphatic heterocycles. The second-order valence-electron chi connectivity index (χ2n) is 10.3. The van der Waals surface area contributed by atoms with Crippen LogP contribution in [0.15, 0.2) is 24.4 Å². The summed E-state index contributed by atoms with van der Waals surface area (Å²) in [5.74, 6) is -0.649. The van der Waals surface area contributed by atoms with E-state index in [4.69, 9.17) is 14.2 Å². The lowest BCUT2D eigenvalue weighted by Gasteiger charge is -2.29. The number of hydrogen-bond donors (Lipinski definition) is 0. The third-order valence-electron chi connectivity index (χ3n) is 3.49. The van der Waals surface area contributed by atoms with Crippen molar-refractivity contribution in [1.82, 2.24) is 9.88 Å². The lowest BCUT2D eigenvalue weighted by Crippen LogP contribution is -2.48. The molecule has 0 saturated heterocycles. The van der Waals surface area contributed by atoms with Gasteiger partial charge >= 0.3 is 18.3 Å². The Kier molecular flexibility index (Phi) is 8.98. The fourth-order valence-corrected chi connectivity index (χ4v) is 2.34. The summed E-state index contributed by atoms with van der Waals surface area (Å²) in [5, 5.41) is 0. The molecule has 33 heavy (non-hydrogen) atoms. The normalized spacial score (nSPS) is 11.9. The van der Waals surface area contributed by atoms with Gasteiger partial charge in [0.25, 0.3) is 0 Å². The minimum atomic E-state index is -1.16.